The van der Waals surface area contributed by atoms with Crippen LogP contribution in [0, 0.1) is 6.92 Å². The molecule has 6 nitrogen and oxygen atoms in total. The van der Waals surface area contributed by atoms with Crippen LogP contribution < -0.4 is 10.6 Å². The molecule has 1 aliphatic rings. The van der Waals surface area contributed by atoms with Crippen molar-refractivity contribution in [2.24, 2.45) is 0 Å². The Morgan fingerprint density at radius 1 is 1.17 bits per heavy atom. The van der Waals surface area contributed by atoms with Crippen LogP contribution in [0.4, 0.5) is 11.4 Å². The number of carbonyl (C=O) groups excluding carboxylic acids is 1. The van der Waals surface area contributed by atoms with Gasteiger partial charge in [0.05, 0.1) is 22.8 Å². The van der Waals surface area contributed by atoms with E-state index in [2.05, 4.69) is 15.6 Å². The van der Waals surface area contributed by atoms with Crippen molar-refractivity contribution in [3.63, 3.8) is 0 Å². The summed E-state index contributed by atoms with van der Waals surface area (Å²) in [6.45, 7) is 1.98. The molecule has 0 bridgehead atoms. The molecule has 1 aliphatic heterocycles. The minimum absolute atomic E-state index is 0.118. The molecule has 2 aromatic rings. The van der Waals surface area contributed by atoms with Crippen LogP contribution in [0.15, 0.2) is 42.7 Å². The number of benzene rings is 1. The van der Waals surface area contributed by atoms with Crippen molar-refractivity contribution in [3.8, 4) is 0 Å². The van der Waals surface area contributed by atoms with Crippen molar-refractivity contribution in [1.29, 1.82) is 0 Å². The number of amides is 1. The minimum atomic E-state index is -2.95. The Balaban J connectivity index is 1.68. The Labute approximate surface area is 141 Å². The van der Waals surface area contributed by atoms with Crippen molar-refractivity contribution < 1.29 is 13.2 Å². The lowest BCUT2D eigenvalue weighted by Gasteiger charge is -2.13. The van der Waals surface area contributed by atoms with Crippen molar-refractivity contribution in [2.75, 3.05) is 22.1 Å². The monoisotopic (exact) mass is 345 g/mol. The van der Waals surface area contributed by atoms with Crippen molar-refractivity contribution >= 4 is 27.1 Å². The number of hydrogen-bond donors (Lipinski definition) is 2. The molecule has 1 fully saturated rings. The number of aryl methyl sites for hydroxylation is 1. The maximum Gasteiger partial charge on any atom is 0.257 e. The lowest BCUT2D eigenvalue weighted by molar-refractivity contribution is 0.102. The number of anilines is 2. The van der Waals surface area contributed by atoms with Gasteiger partial charge in [-0.1, -0.05) is 17.7 Å². The predicted molar refractivity (Wildman–Crippen MR) is 94.1 cm³/mol. The number of nitrogens with one attached hydrogen (secondary N) is 2. The third-order valence-electron chi connectivity index (χ3n) is 3.91. The molecule has 1 unspecified atom stereocenters. The van der Waals surface area contributed by atoms with E-state index in [9.17, 15) is 13.2 Å². The average molecular weight is 345 g/mol. The van der Waals surface area contributed by atoms with Crippen LogP contribution in [-0.2, 0) is 9.84 Å². The summed E-state index contributed by atoms with van der Waals surface area (Å²) in [5.41, 5.74) is 2.90. The maximum atomic E-state index is 12.3. The maximum absolute atomic E-state index is 12.3. The van der Waals surface area contributed by atoms with Gasteiger partial charge in [0.25, 0.3) is 5.91 Å². The van der Waals surface area contributed by atoms with Gasteiger partial charge in [-0.2, -0.15) is 0 Å². The first-order valence-electron chi connectivity index (χ1n) is 7.71. The number of sulfone groups is 1. The topological polar surface area (TPSA) is 88.2 Å². The van der Waals surface area contributed by atoms with E-state index >= 15 is 0 Å². The molecule has 2 N–H and O–H groups in total. The normalized spacial score (nSPS) is 19.0. The quantitative estimate of drug-likeness (QED) is 0.887. The van der Waals surface area contributed by atoms with Gasteiger partial charge in [0.1, 0.15) is 0 Å². The zero-order valence-electron chi connectivity index (χ0n) is 13.3. The first-order chi connectivity index (χ1) is 11.4. The SMILES string of the molecule is Cc1ccc(NC(=O)c2cncc(NC3CCS(=O)(=O)C3)c2)cc1. The Kier molecular flexibility index (Phi) is 4.53. The summed E-state index contributed by atoms with van der Waals surface area (Å²) in [7, 11) is -2.95. The highest BCUT2D eigenvalue weighted by molar-refractivity contribution is 7.91. The molecule has 1 saturated heterocycles. The van der Waals surface area contributed by atoms with Crippen molar-refractivity contribution in [2.45, 2.75) is 19.4 Å². The van der Waals surface area contributed by atoms with E-state index in [1.54, 1.807) is 12.3 Å². The van der Waals surface area contributed by atoms with E-state index in [1.165, 1.54) is 6.20 Å². The van der Waals surface area contributed by atoms with E-state index in [0.29, 0.717) is 23.4 Å². The number of nitrogens with zero attached hydrogens (tertiary/aromatic N) is 1. The molecule has 3 rings (SSSR count). The van der Waals surface area contributed by atoms with Crippen LogP contribution in [-0.4, -0.2) is 36.9 Å². The molecule has 2 heterocycles. The molecule has 24 heavy (non-hydrogen) atoms. The molecule has 7 heteroatoms. The van der Waals surface area contributed by atoms with Gasteiger partial charge in [-0.25, -0.2) is 8.42 Å². The van der Waals surface area contributed by atoms with Gasteiger partial charge < -0.3 is 10.6 Å². The minimum Gasteiger partial charge on any atom is -0.380 e. The molecule has 1 aromatic heterocycles. The Bertz CT molecular complexity index is 848. The smallest absolute Gasteiger partial charge is 0.257 e. The highest BCUT2D eigenvalue weighted by Gasteiger charge is 2.27. The second-order valence-electron chi connectivity index (χ2n) is 6.03. The standard InChI is InChI=1S/C17H19N3O3S/c1-12-2-4-14(5-3-12)20-17(21)13-8-16(10-18-9-13)19-15-6-7-24(22,23)11-15/h2-5,8-10,15,19H,6-7,11H2,1H3,(H,20,21). The number of pyridine rings is 1. The lowest BCUT2D eigenvalue weighted by atomic mass is 10.2. The van der Waals surface area contributed by atoms with Gasteiger partial charge in [0.15, 0.2) is 9.84 Å². The van der Waals surface area contributed by atoms with Gasteiger partial charge in [-0.3, -0.25) is 9.78 Å². The first-order valence-corrected chi connectivity index (χ1v) is 9.53. The largest absolute Gasteiger partial charge is 0.380 e. The highest BCUT2D eigenvalue weighted by Crippen LogP contribution is 2.18. The summed E-state index contributed by atoms with van der Waals surface area (Å²) >= 11 is 0. The van der Waals surface area contributed by atoms with Gasteiger partial charge in [0.2, 0.25) is 0 Å². The fourth-order valence-electron chi connectivity index (χ4n) is 2.63. The van der Waals surface area contributed by atoms with Crippen LogP contribution in [0.2, 0.25) is 0 Å². The second-order valence-corrected chi connectivity index (χ2v) is 8.26. The number of aromatic nitrogens is 1. The van der Waals surface area contributed by atoms with E-state index < -0.39 is 9.84 Å². The molecule has 126 valence electrons. The van der Waals surface area contributed by atoms with Crippen LogP contribution in [0.5, 0.6) is 0 Å². The molecule has 0 radical (unpaired) electrons. The fourth-order valence-corrected chi connectivity index (χ4v) is 4.30. The molecule has 1 aromatic carbocycles. The summed E-state index contributed by atoms with van der Waals surface area (Å²) in [5.74, 6) is 0.0624. The average Bonchev–Trinajstić information content (AvgIpc) is 2.88. The van der Waals surface area contributed by atoms with Crippen LogP contribution in [0.25, 0.3) is 0 Å². The zero-order chi connectivity index (χ0) is 17.2. The summed E-state index contributed by atoms with van der Waals surface area (Å²) in [5, 5.41) is 5.96. The third kappa shape index (κ3) is 4.11. The van der Waals surface area contributed by atoms with Crippen molar-refractivity contribution in [1.82, 2.24) is 4.98 Å². The predicted octanol–water partition coefficient (Wildman–Crippen LogP) is 2.24. The summed E-state index contributed by atoms with van der Waals surface area (Å²) in [6.07, 6.45) is 3.65. The Hall–Kier alpha value is -2.41. The molecular weight excluding hydrogens is 326 g/mol. The summed E-state index contributed by atoms with van der Waals surface area (Å²) in [6, 6.07) is 9.07. The van der Waals surface area contributed by atoms with Crippen LogP contribution in [0.3, 0.4) is 0 Å². The zero-order valence-corrected chi connectivity index (χ0v) is 14.1. The van der Waals surface area contributed by atoms with Crippen molar-refractivity contribution in [3.05, 3.63) is 53.9 Å². The number of carbonyl (C=O) groups is 1. The second kappa shape index (κ2) is 6.60. The Morgan fingerprint density at radius 3 is 2.58 bits per heavy atom. The fraction of sp³-hybridized carbons (Fsp3) is 0.294. The van der Waals surface area contributed by atoms with E-state index in [1.807, 2.05) is 31.2 Å². The highest BCUT2D eigenvalue weighted by atomic mass is 32.2. The number of rotatable bonds is 4. The molecule has 1 amide bonds. The summed E-state index contributed by atoms with van der Waals surface area (Å²) < 4.78 is 23.0. The van der Waals surface area contributed by atoms with E-state index in [-0.39, 0.29) is 23.5 Å². The van der Waals surface area contributed by atoms with E-state index in [0.717, 1.165) is 5.56 Å². The van der Waals surface area contributed by atoms with Gasteiger partial charge >= 0.3 is 0 Å². The molecule has 0 spiro atoms. The van der Waals surface area contributed by atoms with E-state index in [4.69, 9.17) is 0 Å². The summed E-state index contributed by atoms with van der Waals surface area (Å²) in [4.78, 5) is 16.4. The van der Waals surface area contributed by atoms with Gasteiger partial charge in [-0.05, 0) is 31.5 Å². The Morgan fingerprint density at radius 2 is 1.92 bits per heavy atom. The first kappa shape index (κ1) is 16.4. The van der Waals surface area contributed by atoms with Gasteiger partial charge in [0, 0.05) is 24.1 Å². The molecule has 1 atom stereocenters. The number of hydrogen-bond acceptors (Lipinski definition) is 5. The van der Waals surface area contributed by atoms with Crippen LogP contribution >= 0.6 is 0 Å². The molecule has 0 aliphatic carbocycles. The lowest BCUT2D eigenvalue weighted by Crippen LogP contribution is -2.21. The van der Waals surface area contributed by atoms with Crippen LogP contribution in [0.1, 0.15) is 22.3 Å². The molecular formula is C17H19N3O3S. The molecule has 0 saturated carbocycles. The third-order valence-corrected chi connectivity index (χ3v) is 5.68. The van der Waals surface area contributed by atoms with Gasteiger partial charge in [-0.15, -0.1) is 0 Å².